The van der Waals surface area contributed by atoms with Crippen LogP contribution in [0.4, 0.5) is 5.82 Å². The van der Waals surface area contributed by atoms with Crippen LogP contribution >= 0.6 is 0 Å². The molecular formula is C19H22N8. The first-order valence-electron chi connectivity index (χ1n) is 8.89. The SMILES string of the molecule is Cc1cc(C)n(C[C@H](C)Nc2nc(-c3cccnc3)nc3c2cnn3C)n1. The Bertz CT molecular complexity index is 1080. The third kappa shape index (κ3) is 3.38. The topological polar surface area (TPSA) is 86.3 Å². The second-order valence-corrected chi connectivity index (χ2v) is 6.80. The minimum Gasteiger partial charge on any atom is -0.365 e. The van der Waals surface area contributed by atoms with Crippen molar-refractivity contribution in [1.82, 2.24) is 34.5 Å². The highest BCUT2D eigenvalue weighted by Crippen LogP contribution is 2.24. The van der Waals surface area contributed by atoms with Crippen LogP contribution in [0.1, 0.15) is 18.3 Å². The second-order valence-electron chi connectivity index (χ2n) is 6.80. The number of pyridine rings is 1. The van der Waals surface area contributed by atoms with E-state index < -0.39 is 0 Å². The molecule has 138 valence electrons. The molecule has 0 saturated heterocycles. The molecule has 0 fully saturated rings. The van der Waals surface area contributed by atoms with Crippen LogP contribution in [-0.2, 0) is 13.6 Å². The Labute approximate surface area is 157 Å². The number of nitrogens with one attached hydrogen (secondary N) is 1. The van der Waals surface area contributed by atoms with Crippen molar-refractivity contribution in [2.75, 3.05) is 5.32 Å². The molecular weight excluding hydrogens is 340 g/mol. The van der Waals surface area contributed by atoms with E-state index in [4.69, 9.17) is 4.98 Å². The second kappa shape index (κ2) is 6.79. The van der Waals surface area contributed by atoms with Crippen molar-refractivity contribution in [3.8, 4) is 11.4 Å². The van der Waals surface area contributed by atoms with Gasteiger partial charge in [-0.25, -0.2) is 9.97 Å². The highest BCUT2D eigenvalue weighted by atomic mass is 15.3. The van der Waals surface area contributed by atoms with Crippen molar-refractivity contribution in [1.29, 1.82) is 0 Å². The number of hydrogen-bond acceptors (Lipinski definition) is 6. The molecule has 4 heterocycles. The summed E-state index contributed by atoms with van der Waals surface area (Å²) in [7, 11) is 1.88. The fourth-order valence-electron chi connectivity index (χ4n) is 3.15. The predicted octanol–water partition coefficient (Wildman–Crippen LogP) is 2.74. The molecule has 0 aromatic carbocycles. The number of aryl methyl sites for hydroxylation is 3. The molecule has 0 saturated carbocycles. The van der Waals surface area contributed by atoms with E-state index in [1.807, 2.05) is 30.8 Å². The van der Waals surface area contributed by atoms with Crippen LogP contribution in [0.15, 0.2) is 36.8 Å². The number of hydrogen-bond donors (Lipinski definition) is 1. The van der Waals surface area contributed by atoms with Gasteiger partial charge in [0, 0.05) is 36.7 Å². The zero-order chi connectivity index (χ0) is 19.0. The molecule has 4 aromatic heterocycles. The molecule has 27 heavy (non-hydrogen) atoms. The molecule has 4 aromatic rings. The maximum atomic E-state index is 4.75. The molecule has 8 heteroatoms. The minimum absolute atomic E-state index is 0.128. The fourth-order valence-corrected chi connectivity index (χ4v) is 3.15. The number of nitrogens with zero attached hydrogens (tertiary/aromatic N) is 7. The van der Waals surface area contributed by atoms with Gasteiger partial charge in [0.15, 0.2) is 11.5 Å². The van der Waals surface area contributed by atoms with Crippen molar-refractivity contribution in [3.05, 3.63) is 48.2 Å². The van der Waals surface area contributed by atoms with E-state index in [1.54, 1.807) is 23.3 Å². The molecule has 8 nitrogen and oxygen atoms in total. The zero-order valence-corrected chi connectivity index (χ0v) is 15.9. The average molecular weight is 362 g/mol. The van der Waals surface area contributed by atoms with Gasteiger partial charge in [0.1, 0.15) is 5.82 Å². The Hall–Kier alpha value is -3.29. The summed E-state index contributed by atoms with van der Waals surface area (Å²) in [6, 6.07) is 6.04. The first-order valence-corrected chi connectivity index (χ1v) is 8.89. The van der Waals surface area contributed by atoms with Gasteiger partial charge in [-0.15, -0.1) is 0 Å². The van der Waals surface area contributed by atoms with Gasteiger partial charge in [-0.2, -0.15) is 10.2 Å². The first-order chi connectivity index (χ1) is 13.0. The van der Waals surface area contributed by atoms with Crippen molar-refractivity contribution < 1.29 is 0 Å². The minimum atomic E-state index is 0.128. The Morgan fingerprint density at radius 3 is 2.74 bits per heavy atom. The van der Waals surface area contributed by atoms with E-state index in [1.165, 1.54) is 0 Å². The highest BCUT2D eigenvalue weighted by Gasteiger charge is 2.15. The van der Waals surface area contributed by atoms with Crippen LogP contribution in [-0.4, -0.2) is 40.6 Å². The van der Waals surface area contributed by atoms with Crippen molar-refractivity contribution in [2.24, 2.45) is 7.05 Å². The number of anilines is 1. The average Bonchev–Trinajstić information content (AvgIpc) is 3.17. The van der Waals surface area contributed by atoms with E-state index in [0.29, 0.717) is 5.82 Å². The van der Waals surface area contributed by atoms with E-state index >= 15 is 0 Å². The van der Waals surface area contributed by atoms with Crippen LogP contribution in [0.5, 0.6) is 0 Å². The molecule has 4 rings (SSSR count). The van der Waals surface area contributed by atoms with Gasteiger partial charge < -0.3 is 5.32 Å². The molecule has 0 bridgehead atoms. The van der Waals surface area contributed by atoms with Gasteiger partial charge in [0.25, 0.3) is 0 Å². The quantitative estimate of drug-likeness (QED) is 0.587. The first kappa shape index (κ1) is 17.1. The molecule has 0 spiro atoms. The van der Waals surface area contributed by atoms with Gasteiger partial charge in [0.2, 0.25) is 0 Å². The summed E-state index contributed by atoms with van der Waals surface area (Å²) in [5, 5.41) is 13.3. The molecule has 1 N–H and O–H groups in total. The fraction of sp³-hybridized carbons (Fsp3) is 0.316. The van der Waals surface area contributed by atoms with Gasteiger partial charge in [0.05, 0.1) is 23.8 Å². The summed E-state index contributed by atoms with van der Waals surface area (Å²) in [6.45, 7) is 6.93. The van der Waals surface area contributed by atoms with Gasteiger partial charge in [-0.3, -0.25) is 14.3 Å². The summed E-state index contributed by atoms with van der Waals surface area (Å²) in [6.07, 6.45) is 5.29. The smallest absolute Gasteiger partial charge is 0.165 e. The van der Waals surface area contributed by atoms with Crippen LogP contribution in [0.2, 0.25) is 0 Å². The molecule has 0 unspecified atom stereocenters. The number of aromatic nitrogens is 7. The lowest BCUT2D eigenvalue weighted by Crippen LogP contribution is -2.24. The molecule has 0 radical (unpaired) electrons. The Morgan fingerprint density at radius 2 is 2.04 bits per heavy atom. The molecule has 0 aliphatic carbocycles. The summed E-state index contributed by atoms with van der Waals surface area (Å²) in [4.78, 5) is 13.6. The monoisotopic (exact) mass is 362 g/mol. The van der Waals surface area contributed by atoms with Crippen molar-refractivity contribution >= 4 is 16.9 Å². The van der Waals surface area contributed by atoms with E-state index in [-0.39, 0.29) is 6.04 Å². The van der Waals surface area contributed by atoms with Crippen molar-refractivity contribution in [3.63, 3.8) is 0 Å². The third-order valence-corrected chi connectivity index (χ3v) is 4.45. The largest absolute Gasteiger partial charge is 0.365 e. The predicted molar refractivity (Wildman–Crippen MR) is 104 cm³/mol. The van der Waals surface area contributed by atoms with Gasteiger partial charge in [-0.05, 0) is 39.0 Å². The van der Waals surface area contributed by atoms with Gasteiger partial charge >= 0.3 is 0 Å². The Morgan fingerprint density at radius 1 is 1.19 bits per heavy atom. The lowest BCUT2D eigenvalue weighted by atomic mass is 10.2. The maximum absolute atomic E-state index is 4.75. The Kier molecular flexibility index (Phi) is 4.31. The molecule has 0 aliphatic heterocycles. The van der Waals surface area contributed by atoms with Gasteiger partial charge in [-0.1, -0.05) is 0 Å². The van der Waals surface area contributed by atoms with Crippen LogP contribution in [0, 0.1) is 13.8 Å². The summed E-state index contributed by atoms with van der Waals surface area (Å²) in [5.41, 5.74) is 3.82. The van der Waals surface area contributed by atoms with Crippen LogP contribution in [0.3, 0.4) is 0 Å². The molecule has 0 amide bonds. The van der Waals surface area contributed by atoms with Crippen LogP contribution in [0.25, 0.3) is 22.4 Å². The van der Waals surface area contributed by atoms with E-state index in [0.717, 1.165) is 40.3 Å². The lowest BCUT2D eigenvalue weighted by molar-refractivity contribution is 0.545. The normalized spacial score (nSPS) is 12.4. The van der Waals surface area contributed by atoms with E-state index in [2.05, 4.69) is 45.4 Å². The maximum Gasteiger partial charge on any atom is 0.165 e. The zero-order valence-electron chi connectivity index (χ0n) is 15.9. The van der Waals surface area contributed by atoms with Crippen LogP contribution < -0.4 is 5.32 Å². The van der Waals surface area contributed by atoms with E-state index in [9.17, 15) is 0 Å². The number of rotatable bonds is 5. The summed E-state index contributed by atoms with van der Waals surface area (Å²) >= 11 is 0. The lowest BCUT2D eigenvalue weighted by Gasteiger charge is -2.17. The molecule has 1 atom stereocenters. The molecule has 0 aliphatic rings. The van der Waals surface area contributed by atoms with Crippen molar-refractivity contribution in [2.45, 2.75) is 33.4 Å². The summed E-state index contributed by atoms with van der Waals surface area (Å²) < 4.78 is 3.77. The summed E-state index contributed by atoms with van der Waals surface area (Å²) in [5.74, 6) is 1.39. The highest BCUT2D eigenvalue weighted by molar-refractivity contribution is 5.88. The third-order valence-electron chi connectivity index (χ3n) is 4.45. The Balaban J connectivity index is 1.69. The number of fused-ring (bicyclic) bond motifs is 1. The standard InChI is InChI=1S/C19H22N8/c1-12-8-14(3)27(25-12)11-13(2)22-18-16-10-21-26(4)19(16)24-17(23-18)15-6-5-7-20-9-15/h5-10,13H,11H2,1-4H3,(H,22,23,24)/t13-/m0/s1.